The molecule has 2 aromatic heterocycles. The van der Waals surface area contributed by atoms with Crippen LogP contribution in [0.5, 0.6) is 0 Å². The largest absolute Gasteiger partial charge is 0.477 e. The Balaban J connectivity index is 0.000000260. The molecule has 0 bridgehead atoms. The third-order valence-electron chi connectivity index (χ3n) is 2.68. The number of hydrogen-bond acceptors (Lipinski definition) is 6. The van der Waals surface area contributed by atoms with Crippen LogP contribution in [0.3, 0.4) is 0 Å². The molecule has 0 aliphatic heterocycles. The zero-order valence-corrected chi connectivity index (χ0v) is 14.5. The molecule has 0 radical (unpaired) electrons. The summed E-state index contributed by atoms with van der Waals surface area (Å²) in [5.41, 5.74) is 0.641. The molecule has 132 valence electrons. The molecule has 0 spiro atoms. The summed E-state index contributed by atoms with van der Waals surface area (Å²) in [6.07, 6.45) is 0.184. The molecule has 8 nitrogen and oxygen atoms in total. The second-order valence-corrected chi connectivity index (χ2v) is 5.45. The maximum absolute atomic E-state index is 10.5. The molecular weight excluding hydrogens is 383 g/mol. The first-order valence-corrected chi connectivity index (χ1v) is 7.55. The number of carboxylic acids is 2. The molecule has 10 heteroatoms. The highest BCUT2D eigenvalue weighted by Crippen LogP contribution is 2.12. The van der Waals surface area contributed by atoms with Crippen LogP contribution < -0.4 is 0 Å². The van der Waals surface area contributed by atoms with Gasteiger partial charge in [0.1, 0.15) is 16.5 Å². The van der Waals surface area contributed by atoms with E-state index in [2.05, 4.69) is 9.97 Å². The highest BCUT2D eigenvalue weighted by Gasteiger charge is 2.08. The highest BCUT2D eigenvalue weighted by molar-refractivity contribution is 6.31. The van der Waals surface area contributed by atoms with Crippen LogP contribution in [0.4, 0.5) is 0 Å². The molecule has 2 rings (SSSR count). The Labute approximate surface area is 157 Å². The normalized spacial score (nSPS) is 9.23. The van der Waals surface area contributed by atoms with Gasteiger partial charge in [0.15, 0.2) is 0 Å². The van der Waals surface area contributed by atoms with Gasteiger partial charge >= 0.3 is 11.9 Å². The second-order valence-electron chi connectivity index (χ2n) is 4.63. The predicted octanol–water partition coefficient (Wildman–Crippen LogP) is 3.00. The lowest BCUT2D eigenvalue weighted by Crippen LogP contribution is -2.02. The molecule has 0 aliphatic rings. The number of pyridine rings is 2. The van der Waals surface area contributed by atoms with Crippen molar-refractivity contribution in [2.24, 2.45) is 0 Å². The number of hydrogen-bond donors (Lipinski definition) is 2. The summed E-state index contributed by atoms with van der Waals surface area (Å²) in [4.78, 5) is 28.3. The first-order chi connectivity index (χ1) is 12.3. The Morgan fingerprint density at radius 1 is 0.923 bits per heavy atom. The van der Waals surface area contributed by atoms with E-state index in [9.17, 15) is 9.59 Å². The van der Waals surface area contributed by atoms with Gasteiger partial charge in [-0.2, -0.15) is 10.5 Å². The van der Waals surface area contributed by atoms with E-state index in [0.717, 1.165) is 0 Å². The predicted molar refractivity (Wildman–Crippen MR) is 91.0 cm³/mol. The molecule has 0 aromatic carbocycles. The lowest BCUT2D eigenvalue weighted by atomic mass is 10.2. The monoisotopic (exact) mass is 392 g/mol. The molecule has 0 unspecified atom stereocenters. The van der Waals surface area contributed by atoms with Gasteiger partial charge in [0, 0.05) is 5.02 Å². The number of rotatable bonds is 4. The molecule has 2 N–H and O–H groups in total. The third kappa shape index (κ3) is 6.73. The minimum absolute atomic E-state index is 0.0564. The van der Waals surface area contributed by atoms with Crippen LogP contribution >= 0.6 is 23.2 Å². The molecule has 0 saturated carbocycles. The topological polar surface area (TPSA) is 148 Å². The highest BCUT2D eigenvalue weighted by atomic mass is 35.5. The summed E-state index contributed by atoms with van der Waals surface area (Å²) in [5, 5.41) is 34.3. The fourth-order valence-electron chi connectivity index (χ4n) is 1.68. The lowest BCUT2D eigenvalue weighted by Gasteiger charge is -1.98. The van der Waals surface area contributed by atoms with Gasteiger partial charge < -0.3 is 10.2 Å². The minimum Gasteiger partial charge on any atom is -0.477 e. The first kappa shape index (κ1) is 20.8. The Hall–Kier alpha value is -3.20. The fourth-order valence-corrected chi connectivity index (χ4v) is 2.15. The van der Waals surface area contributed by atoms with Gasteiger partial charge in [-0.05, 0) is 29.8 Å². The SMILES string of the molecule is N#CCc1cc(Cl)cc(C(=O)O)n1.N#CCc1cc(Cl)nc(C(=O)O)c1. The van der Waals surface area contributed by atoms with E-state index in [-0.39, 0.29) is 34.4 Å². The van der Waals surface area contributed by atoms with Crippen molar-refractivity contribution in [2.45, 2.75) is 12.8 Å². The summed E-state index contributed by atoms with van der Waals surface area (Å²) >= 11 is 11.2. The van der Waals surface area contributed by atoms with E-state index in [4.69, 9.17) is 43.9 Å². The van der Waals surface area contributed by atoms with Crippen molar-refractivity contribution in [3.05, 3.63) is 57.1 Å². The zero-order chi connectivity index (χ0) is 19.7. The Morgan fingerprint density at radius 2 is 1.50 bits per heavy atom. The summed E-state index contributed by atoms with van der Waals surface area (Å²) in [7, 11) is 0. The van der Waals surface area contributed by atoms with Gasteiger partial charge in [-0.15, -0.1) is 0 Å². The van der Waals surface area contributed by atoms with Gasteiger partial charge in [0.05, 0.1) is 30.7 Å². The molecule has 26 heavy (non-hydrogen) atoms. The number of aromatic nitrogens is 2. The number of nitrogens with zero attached hydrogens (tertiary/aromatic N) is 4. The summed E-state index contributed by atoms with van der Waals surface area (Å²) in [5.74, 6) is -2.30. The van der Waals surface area contributed by atoms with Gasteiger partial charge in [-0.1, -0.05) is 23.2 Å². The molecule has 0 aliphatic carbocycles. The molecule has 2 aromatic rings. The zero-order valence-electron chi connectivity index (χ0n) is 13.0. The summed E-state index contributed by atoms with van der Waals surface area (Å²) in [6.45, 7) is 0. The van der Waals surface area contributed by atoms with Crippen LogP contribution in [0.2, 0.25) is 10.2 Å². The summed E-state index contributed by atoms with van der Waals surface area (Å²) in [6, 6.07) is 9.27. The fraction of sp³-hybridized carbons (Fsp3) is 0.125. The van der Waals surface area contributed by atoms with E-state index in [1.807, 2.05) is 12.1 Å². The average molecular weight is 393 g/mol. The van der Waals surface area contributed by atoms with Crippen molar-refractivity contribution in [3.8, 4) is 12.1 Å². The van der Waals surface area contributed by atoms with Crippen molar-refractivity contribution in [1.82, 2.24) is 9.97 Å². The maximum atomic E-state index is 10.5. The summed E-state index contributed by atoms with van der Waals surface area (Å²) < 4.78 is 0. The maximum Gasteiger partial charge on any atom is 0.354 e. The van der Waals surface area contributed by atoms with E-state index < -0.39 is 11.9 Å². The van der Waals surface area contributed by atoms with Gasteiger partial charge in [-0.25, -0.2) is 19.6 Å². The molecular formula is C16H10Cl2N4O4. The third-order valence-corrected chi connectivity index (χ3v) is 3.09. The van der Waals surface area contributed by atoms with Gasteiger partial charge in [0.25, 0.3) is 0 Å². The van der Waals surface area contributed by atoms with Crippen molar-refractivity contribution in [1.29, 1.82) is 10.5 Å². The van der Waals surface area contributed by atoms with Crippen LogP contribution in [0, 0.1) is 22.7 Å². The van der Waals surface area contributed by atoms with Gasteiger partial charge in [0.2, 0.25) is 0 Å². The van der Waals surface area contributed by atoms with E-state index in [1.54, 1.807) is 0 Å². The Morgan fingerprint density at radius 3 is 2.04 bits per heavy atom. The first-order valence-electron chi connectivity index (χ1n) is 6.80. The number of halogens is 2. The Kier molecular flexibility index (Phi) is 7.97. The quantitative estimate of drug-likeness (QED) is 0.753. The van der Waals surface area contributed by atoms with E-state index >= 15 is 0 Å². The van der Waals surface area contributed by atoms with Crippen molar-refractivity contribution in [2.75, 3.05) is 0 Å². The lowest BCUT2D eigenvalue weighted by molar-refractivity contribution is 0.0679. The average Bonchev–Trinajstić information content (AvgIpc) is 2.55. The molecule has 0 atom stereocenters. The van der Waals surface area contributed by atoms with Crippen LogP contribution in [0.15, 0.2) is 24.3 Å². The van der Waals surface area contributed by atoms with E-state index in [1.165, 1.54) is 24.3 Å². The van der Waals surface area contributed by atoms with Crippen molar-refractivity contribution in [3.63, 3.8) is 0 Å². The second kappa shape index (κ2) is 9.94. The van der Waals surface area contributed by atoms with Crippen LogP contribution in [0.1, 0.15) is 32.2 Å². The van der Waals surface area contributed by atoms with Gasteiger partial charge in [-0.3, -0.25) is 0 Å². The van der Waals surface area contributed by atoms with Crippen molar-refractivity contribution >= 4 is 35.1 Å². The minimum atomic E-state index is -1.15. The van der Waals surface area contributed by atoms with Crippen LogP contribution in [0.25, 0.3) is 0 Å². The standard InChI is InChI=1S/2C8H5ClN2O2/c9-5-3-6(1-2-10)11-7(4-5)8(12)13;9-7-4-5(1-2-10)3-6(11-7)8(12)13/h2*3-4H,1H2,(H,12,13). The molecule has 0 fully saturated rings. The molecule has 0 saturated heterocycles. The van der Waals surface area contributed by atoms with E-state index in [0.29, 0.717) is 11.3 Å². The number of carbonyl (C=O) groups is 2. The smallest absolute Gasteiger partial charge is 0.354 e. The van der Waals surface area contributed by atoms with Crippen molar-refractivity contribution < 1.29 is 19.8 Å². The molecule has 0 amide bonds. The van der Waals surface area contributed by atoms with Crippen LogP contribution in [-0.4, -0.2) is 32.1 Å². The molecule has 2 heterocycles. The number of nitriles is 2. The van der Waals surface area contributed by atoms with Crippen LogP contribution in [-0.2, 0) is 12.8 Å². The number of aromatic carboxylic acids is 2. The number of carboxylic acid groups (broad SMARTS) is 2. The Bertz CT molecular complexity index is 844.